The van der Waals surface area contributed by atoms with Crippen molar-refractivity contribution in [2.24, 2.45) is 0 Å². The van der Waals surface area contributed by atoms with Crippen molar-refractivity contribution >= 4 is 17.7 Å². The average Bonchev–Trinajstić information content (AvgIpc) is 2.80. The van der Waals surface area contributed by atoms with Gasteiger partial charge in [-0.3, -0.25) is 9.69 Å². The standard InChI is InChI=1S/C22H31N7O2/c1-27-8-10-29(11-9-27)21(30)18-4-2-17(3-5-18)19-16-20(26-22(23)25-19)24-6-7-28-12-14-31-15-13-28/h2-5,16H,6-15H2,1H3,(H3,23,24,25,26). The summed E-state index contributed by atoms with van der Waals surface area (Å²) >= 11 is 0. The Kier molecular flexibility index (Phi) is 6.96. The van der Waals surface area contributed by atoms with Gasteiger partial charge in [0, 0.05) is 69.6 Å². The fourth-order valence-corrected chi connectivity index (χ4v) is 3.85. The summed E-state index contributed by atoms with van der Waals surface area (Å²) in [7, 11) is 2.08. The van der Waals surface area contributed by atoms with Crippen LogP contribution in [0.25, 0.3) is 11.3 Å². The molecule has 1 aromatic carbocycles. The normalized spacial score (nSPS) is 18.2. The Hall–Kier alpha value is -2.75. The number of aromatic nitrogens is 2. The molecule has 2 fully saturated rings. The highest BCUT2D eigenvalue weighted by molar-refractivity contribution is 5.94. The Morgan fingerprint density at radius 2 is 1.77 bits per heavy atom. The van der Waals surface area contributed by atoms with Crippen molar-refractivity contribution in [2.45, 2.75) is 0 Å². The number of rotatable bonds is 6. The van der Waals surface area contributed by atoms with Crippen LogP contribution in [0.15, 0.2) is 30.3 Å². The topological polar surface area (TPSA) is 99.8 Å². The summed E-state index contributed by atoms with van der Waals surface area (Å²) in [6.07, 6.45) is 0. The predicted octanol–water partition coefficient (Wildman–Crippen LogP) is 0.858. The zero-order valence-electron chi connectivity index (χ0n) is 18.1. The van der Waals surface area contributed by atoms with E-state index in [2.05, 4.69) is 32.1 Å². The van der Waals surface area contributed by atoms with Crippen LogP contribution >= 0.6 is 0 Å². The van der Waals surface area contributed by atoms with Gasteiger partial charge in [-0.05, 0) is 19.2 Å². The first-order chi connectivity index (χ1) is 15.1. The number of carbonyl (C=O) groups is 1. The third kappa shape index (κ3) is 5.69. The number of ether oxygens (including phenoxy) is 1. The van der Waals surface area contributed by atoms with Crippen LogP contribution in [0.1, 0.15) is 10.4 Å². The molecule has 9 nitrogen and oxygen atoms in total. The highest BCUT2D eigenvalue weighted by atomic mass is 16.5. The Bertz CT molecular complexity index is 876. The van der Waals surface area contributed by atoms with Crippen LogP contribution < -0.4 is 11.1 Å². The van der Waals surface area contributed by atoms with E-state index < -0.39 is 0 Å². The van der Waals surface area contributed by atoms with Crippen molar-refractivity contribution in [3.63, 3.8) is 0 Å². The van der Waals surface area contributed by atoms with E-state index in [0.717, 1.165) is 76.8 Å². The zero-order valence-corrected chi connectivity index (χ0v) is 18.1. The Morgan fingerprint density at radius 3 is 2.48 bits per heavy atom. The number of morpholine rings is 1. The summed E-state index contributed by atoms with van der Waals surface area (Å²) in [6.45, 7) is 8.53. The molecular formula is C22H31N7O2. The molecule has 4 rings (SSSR count). The van der Waals surface area contributed by atoms with E-state index in [9.17, 15) is 4.79 Å². The molecule has 0 atom stereocenters. The molecule has 0 radical (unpaired) electrons. The summed E-state index contributed by atoms with van der Waals surface area (Å²) < 4.78 is 5.38. The molecule has 3 N–H and O–H groups in total. The van der Waals surface area contributed by atoms with Crippen LogP contribution in [-0.4, -0.2) is 103 Å². The molecule has 0 unspecified atom stereocenters. The maximum Gasteiger partial charge on any atom is 0.253 e. The number of nitrogen functional groups attached to an aromatic ring is 1. The Morgan fingerprint density at radius 1 is 1.06 bits per heavy atom. The first kappa shape index (κ1) is 21.5. The van der Waals surface area contributed by atoms with Gasteiger partial charge in [0.1, 0.15) is 5.82 Å². The smallest absolute Gasteiger partial charge is 0.253 e. The molecular weight excluding hydrogens is 394 g/mol. The van der Waals surface area contributed by atoms with Gasteiger partial charge in [-0.2, -0.15) is 4.98 Å². The third-order valence-corrected chi connectivity index (χ3v) is 5.80. The van der Waals surface area contributed by atoms with Crippen molar-refractivity contribution in [2.75, 3.05) is 83.7 Å². The molecule has 9 heteroatoms. The average molecular weight is 426 g/mol. The number of likely N-dealkylation sites (N-methyl/N-ethyl adjacent to an activating group) is 1. The Balaban J connectivity index is 1.38. The van der Waals surface area contributed by atoms with Gasteiger partial charge in [0.25, 0.3) is 5.91 Å². The number of hydrogen-bond acceptors (Lipinski definition) is 8. The first-order valence-electron chi connectivity index (χ1n) is 10.9. The molecule has 2 aromatic rings. The van der Waals surface area contributed by atoms with Gasteiger partial charge in [0.05, 0.1) is 18.9 Å². The van der Waals surface area contributed by atoms with E-state index in [1.165, 1.54) is 0 Å². The van der Waals surface area contributed by atoms with E-state index in [-0.39, 0.29) is 11.9 Å². The van der Waals surface area contributed by atoms with E-state index >= 15 is 0 Å². The number of hydrogen-bond donors (Lipinski definition) is 2. The van der Waals surface area contributed by atoms with Gasteiger partial charge >= 0.3 is 0 Å². The molecule has 2 saturated heterocycles. The predicted molar refractivity (Wildman–Crippen MR) is 121 cm³/mol. The number of benzene rings is 1. The molecule has 3 heterocycles. The van der Waals surface area contributed by atoms with Crippen LogP contribution in [-0.2, 0) is 4.74 Å². The van der Waals surface area contributed by atoms with Gasteiger partial charge in [0.15, 0.2) is 0 Å². The number of carbonyl (C=O) groups excluding carboxylic acids is 1. The second kappa shape index (κ2) is 10.0. The van der Waals surface area contributed by atoms with Gasteiger partial charge in [-0.25, -0.2) is 4.98 Å². The van der Waals surface area contributed by atoms with Crippen molar-refractivity contribution in [1.82, 2.24) is 24.7 Å². The minimum Gasteiger partial charge on any atom is -0.379 e. The molecule has 166 valence electrons. The number of piperazine rings is 1. The number of nitrogens with zero attached hydrogens (tertiary/aromatic N) is 5. The molecule has 2 aliphatic heterocycles. The lowest BCUT2D eigenvalue weighted by atomic mass is 10.1. The lowest BCUT2D eigenvalue weighted by molar-refractivity contribution is 0.0398. The van der Waals surface area contributed by atoms with Crippen LogP contribution in [0.4, 0.5) is 11.8 Å². The number of amides is 1. The van der Waals surface area contributed by atoms with Gasteiger partial charge in [0.2, 0.25) is 5.95 Å². The fourth-order valence-electron chi connectivity index (χ4n) is 3.85. The minimum atomic E-state index is 0.0762. The monoisotopic (exact) mass is 425 g/mol. The number of anilines is 2. The molecule has 0 bridgehead atoms. The largest absolute Gasteiger partial charge is 0.379 e. The molecule has 0 saturated carbocycles. The third-order valence-electron chi connectivity index (χ3n) is 5.80. The van der Waals surface area contributed by atoms with Crippen LogP contribution in [0.2, 0.25) is 0 Å². The highest BCUT2D eigenvalue weighted by Gasteiger charge is 2.20. The summed E-state index contributed by atoms with van der Waals surface area (Å²) in [4.78, 5) is 27.9. The number of nitrogens with two attached hydrogens (primary N) is 1. The first-order valence-corrected chi connectivity index (χ1v) is 10.9. The van der Waals surface area contributed by atoms with Crippen LogP contribution in [0.5, 0.6) is 0 Å². The Labute approximate surface area is 183 Å². The van der Waals surface area contributed by atoms with E-state index in [1.807, 2.05) is 35.2 Å². The summed E-state index contributed by atoms with van der Waals surface area (Å²) in [5.74, 6) is 1.00. The molecule has 2 aliphatic rings. The highest BCUT2D eigenvalue weighted by Crippen LogP contribution is 2.22. The van der Waals surface area contributed by atoms with Crippen molar-refractivity contribution in [1.29, 1.82) is 0 Å². The SMILES string of the molecule is CN1CCN(C(=O)c2ccc(-c3cc(NCCN4CCOCC4)nc(N)n3)cc2)CC1. The quantitative estimate of drug-likeness (QED) is 0.703. The summed E-state index contributed by atoms with van der Waals surface area (Å²) in [6, 6.07) is 9.46. The number of nitrogens with one attached hydrogen (secondary N) is 1. The molecule has 1 amide bonds. The second-order valence-corrected chi connectivity index (χ2v) is 8.05. The maximum absolute atomic E-state index is 12.8. The van der Waals surface area contributed by atoms with Gasteiger partial charge in [-0.15, -0.1) is 0 Å². The zero-order chi connectivity index (χ0) is 21.6. The van der Waals surface area contributed by atoms with Gasteiger partial charge in [-0.1, -0.05) is 12.1 Å². The van der Waals surface area contributed by atoms with E-state index in [4.69, 9.17) is 10.5 Å². The second-order valence-electron chi connectivity index (χ2n) is 8.05. The molecule has 31 heavy (non-hydrogen) atoms. The fraction of sp³-hybridized carbons (Fsp3) is 0.500. The van der Waals surface area contributed by atoms with Gasteiger partial charge < -0.3 is 25.6 Å². The van der Waals surface area contributed by atoms with Crippen molar-refractivity contribution < 1.29 is 9.53 Å². The van der Waals surface area contributed by atoms with Crippen molar-refractivity contribution in [3.05, 3.63) is 35.9 Å². The minimum absolute atomic E-state index is 0.0762. The lowest BCUT2D eigenvalue weighted by Crippen LogP contribution is -2.47. The van der Waals surface area contributed by atoms with E-state index in [1.54, 1.807) is 0 Å². The summed E-state index contributed by atoms with van der Waals surface area (Å²) in [5.41, 5.74) is 8.28. The lowest BCUT2D eigenvalue weighted by Gasteiger charge is -2.32. The molecule has 0 spiro atoms. The molecule has 1 aromatic heterocycles. The van der Waals surface area contributed by atoms with Crippen molar-refractivity contribution in [3.8, 4) is 11.3 Å². The molecule has 0 aliphatic carbocycles. The van der Waals surface area contributed by atoms with Crippen LogP contribution in [0.3, 0.4) is 0 Å². The van der Waals surface area contributed by atoms with Crippen LogP contribution in [0, 0.1) is 0 Å². The maximum atomic E-state index is 12.8. The summed E-state index contributed by atoms with van der Waals surface area (Å²) in [5, 5.41) is 3.34. The van der Waals surface area contributed by atoms with E-state index in [0.29, 0.717) is 11.4 Å².